The molecule has 0 aliphatic heterocycles. The summed E-state index contributed by atoms with van der Waals surface area (Å²) in [5.74, 6) is -0.534. The number of aryl methyl sites for hydroxylation is 2. The highest BCUT2D eigenvalue weighted by atomic mass is 32.1. The zero-order valence-electron chi connectivity index (χ0n) is 9.97. The van der Waals surface area contributed by atoms with Gasteiger partial charge in [0.1, 0.15) is 5.82 Å². The third-order valence-electron chi connectivity index (χ3n) is 2.30. The van der Waals surface area contributed by atoms with E-state index < -0.39 is 5.97 Å². The fraction of sp³-hybridized carbons (Fsp3) is 0.273. The lowest BCUT2D eigenvalue weighted by atomic mass is 10.4. The molecule has 0 saturated heterocycles. The van der Waals surface area contributed by atoms with Crippen molar-refractivity contribution in [2.24, 2.45) is 0 Å². The maximum Gasteiger partial charge on any atom is 0.356 e. The predicted octanol–water partition coefficient (Wildman–Crippen LogP) is 1.86. The molecule has 0 bridgehead atoms. The first-order valence-corrected chi connectivity index (χ1v) is 6.10. The molecule has 0 atom stereocenters. The quantitative estimate of drug-likeness (QED) is 0.876. The minimum Gasteiger partial charge on any atom is -0.476 e. The predicted molar refractivity (Wildman–Crippen MR) is 67.9 cm³/mol. The normalized spacial score (nSPS) is 10.3. The van der Waals surface area contributed by atoms with Crippen LogP contribution in [0.15, 0.2) is 12.4 Å². The molecule has 0 fully saturated rings. The Morgan fingerprint density at radius 2 is 2.17 bits per heavy atom. The van der Waals surface area contributed by atoms with Gasteiger partial charge in [0, 0.05) is 4.88 Å². The summed E-state index contributed by atoms with van der Waals surface area (Å²) in [6.45, 7) is 4.53. The van der Waals surface area contributed by atoms with Crippen LogP contribution in [0.4, 0.5) is 5.82 Å². The molecule has 0 aromatic carbocycles. The molecule has 7 heteroatoms. The molecule has 0 saturated carbocycles. The van der Waals surface area contributed by atoms with Crippen LogP contribution in [0.2, 0.25) is 0 Å². The highest BCUT2D eigenvalue weighted by molar-refractivity contribution is 7.11. The Balaban J connectivity index is 2.02. The Hall–Kier alpha value is -2.02. The van der Waals surface area contributed by atoms with Gasteiger partial charge in [0.05, 0.1) is 29.6 Å². The molecule has 2 aromatic heterocycles. The van der Waals surface area contributed by atoms with Gasteiger partial charge in [0.2, 0.25) is 0 Å². The molecule has 0 spiro atoms. The van der Waals surface area contributed by atoms with Crippen LogP contribution < -0.4 is 5.32 Å². The molecule has 2 N–H and O–H groups in total. The first-order chi connectivity index (χ1) is 8.56. The molecule has 0 aliphatic carbocycles. The number of aromatic carboxylic acids is 1. The van der Waals surface area contributed by atoms with Gasteiger partial charge in [-0.3, -0.25) is 0 Å². The second-order valence-corrected chi connectivity index (χ2v) is 4.97. The third-order valence-corrected chi connectivity index (χ3v) is 3.37. The van der Waals surface area contributed by atoms with E-state index in [2.05, 4.69) is 20.3 Å². The van der Waals surface area contributed by atoms with Gasteiger partial charge in [-0.15, -0.1) is 11.3 Å². The van der Waals surface area contributed by atoms with Crippen LogP contribution in [0, 0.1) is 13.8 Å². The maximum absolute atomic E-state index is 10.6. The van der Waals surface area contributed by atoms with Crippen LogP contribution in [0.5, 0.6) is 0 Å². The van der Waals surface area contributed by atoms with Gasteiger partial charge in [0.25, 0.3) is 0 Å². The van der Waals surface area contributed by atoms with E-state index >= 15 is 0 Å². The molecule has 94 valence electrons. The van der Waals surface area contributed by atoms with E-state index in [-0.39, 0.29) is 5.69 Å². The van der Waals surface area contributed by atoms with Crippen LogP contribution in [0.3, 0.4) is 0 Å². The zero-order chi connectivity index (χ0) is 13.1. The van der Waals surface area contributed by atoms with Gasteiger partial charge >= 0.3 is 5.97 Å². The number of carboxylic acid groups (broad SMARTS) is 1. The minimum absolute atomic E-state index is 0.0645. The topological polar surface area (TPSA) is 88.0 Å². The van der Waals surface area contributed by atoms with Gasteiger partial charge in [-0.2, -0.15) is 0 Å². The number of hydrogen-bond acceptors (Lipinski definition) is 6. The van der Waals surface area contributed by atoms with Crippen molar-refractivity contribution in [3.8, 4) is 0 Å². The van der Waals surface area contributed by atoms with Crippen LogP contribution in [0.25, 0.3) is 0 Å². The van der Waals surface area contributed by atoms with E-state index in [9.17, 15) is 4.79 Å². The van der Waals surface area contributed by atoms with Crippen molar-refractivity contribution in [3.63, 3.8) is 0 Å². The van der Waals surface area contributed by atoms with Crippen LogP contribution in [-0.2, 0) is 6.54 Å². The summed E-state index contributed by atoms with van der Waals surface area (Å²) in [6, 6.07) is 0. The van der Waals surface area contributed by atoms with E-state index in [4.69, 9.17) is 5.11 Å². The average Bonchev–Trinajstić information content (AvgIpc) is 2.66. The Labute approximate surface area is 108 Å². The van der Waals surface area contributed by atoms with Gasteiger partial charge in [-0.05, 0) is 13.8 Å². The molecule has 18 heavy (non-hydrogen) atoms. The Kier molecular flexibility index (Phi) is 3.52. The fourth-order valence-corrected chi connectivity index (χ4v) is 2.31. The lowest BCUT2D eigenvalue weighted by Gasteiger charge is -2.03. The number of anilines is 1. The van der Waals surface area contributed by atoms with Gasteiger partial charge in [0.15, 0.2) is 5.69 Å². The number of carbonyl (C=O) groups is 1. The summed E-state index contributed by atoms with van der Waals surface area (Å²) in [5.41, 5.74) is 0.936. The number of thiazole rings is 1. The van der Waals surface area contributed by atoms with E-state index in [0.29, 0.717) is 12.4 Å². The second-order valence-electron chi connectivity index (χ2n) is 3.69. The van der Waals surface area contributed by atoms with Crippen molar-refractivity contribution in [2.45, 2.75) is 20.4 Å². The smallest absolute Gasteiger partial charge is 0.356 e. The van der Waals surface area contributed by atoms with Gasteiger partial charge in [-0.25, -0.2) is 19.7 Å². The number of carboxylic acids is 1. The summed E-state index contributed by atoms with van der Waals surface area (Å²) in [5, 5.41) is 12.8. The van der Waals surface area contributed by atoms with Crippen LogP contribution in [-0.4, -0.2) is 26.0 Å². The largest absolute Gasteiger partial charge is 0.476 e. The summed E-state index contributed by atoms with van der Waals surface area (Å²) >= 11 is 1.63. The molecule has 0 radical (unpaired) electrons. The van der Waals surface area contributed by atoms with Crippen molar-refractivity contribution in [1.82, 2.24) is 15.0 Å². The number of hydrogen-bond donors (Lipinski definition) is 2. The van der Waals surface area contributed by atoms with Crippen molar-refractivity contribution in [1.29, 1.82) is 0 Å². The molecule has 0 amide bonds. The summed E-state index contributed by atoms with van der Waals surface area (Å²) < 4.78 is 0. The lowest BCUT2D eigenvalue weighted by Crippen LogP contribution is -2.05. The molecule has 2 aromatic rings. The number of aromatic nitrogens is 3. The standard InChI is InChI=1S/C11H12N4O2S/c1-6-9(18-7(2)15-6)4-14-10-5-12-8(3-13-10)11(16)17/h3,5H,4H2,1-2H3,(H,13,14)(H,16,17). The summed E-state index contributed by atoms with van der Waals surface area (Å²) in [6.07, 6.45) is 2.64. The minimum atomic E-state index is -1.08. The van der Waals surface area contributed by atoms with Gasteiger partial charge < -0.3 is 10.4 Å². The molecular weight excluding hydrogens is 252 g/mol. The molecular formula is C11H12N4O2S. The first-order valence-electron chi connectivity index (χ1n) is 5.28. The Morgan fingerprint density at radius 3 is 2.67 bits per heavy atom. The summed E-state index contributed by atoms with van der Waals surface area (Å²) in [7, 11) is 0. The maximum atomic E-state index is 10.6. The fourth-order valence-electron chi connectivity index (χ4n) is 1.44. The third kappa shape index (κ3) is 2.80. The molecule has 0 unspecified atom stereocenters. The average molecular weight is 264 g/mol. The first kappa shape index (κ1) is 12.4. The molecule has 2 rings (SSSR count). The number of rotatable bonds is 4. The number of nitrogens with zero attached hydrogens (tertiary/aromatic N) is 3. The van der Waals surface area contributed by atoms with E-state index in [0.717, 1.165) is 15.6 Å². The monoisotopic (exact) mass is 264 g/mol. The van der Waals surface area contributed by atoms with Crippen molar-refractivity contribution < 1.29 is 9.90 Å². The lowest BCUT2D eigenvalue weighted by molar-refractivity contribution is 0.0690. The SMILES string of the molecule is Cc1nc(C)c(CNc2cnc(C(=O)O)cn2)s1. The Bertz CT molecular complexity index is 565. The van der Waals surface area contributed by atoms with E-state index in [1.54, 1.807) is 11.3 Å². The highest BCUT2D eigenvalue weighted by Gasteiger charge is 2.07. The second kappa shape index (κ2) is 5.09. The molecule has 0 aliphatic rings. The van der Waals surface area contributed by atoms with Gasteiger partial charge in [-0.1, -0.05) is 0 Å². The van der Waals surface area contributed by atoms with Crippen LogP contribution in [0.1, 0.15) is 26.1 Å². The summed E-state index contributed by atoms with van der Waals surface area (Å²) in [4.78, 5) is 23.8. The highest BCUT2D eigenvalue weighted by Crippen LogP contribution is 2.18. The van der Waals surface area contributed by atoms with Crippen molar-refractivity contribution in [2.75, 3.05) is 5.32 Å². The molecule has 6 nitrogen and oxygen atoms in total. The van der Waals surface area contributed by atoms with Crippen molar-refractivity contribution >= 4 is 23.1 Å². The Morgan fingerprint density at radius 1 is 1.39 bits per heavy atom. The van der Waals surface area contributed by atoms with E-state index in [1.165, 1.54) is 12.4 Å². The van der Waals surface area contributed by atoms with Crippen LogP contribution >= 0.6 is 11.3 Å². The van der Waals surface area contributed by atoms with Crippen molar-refractivity contribution in [3.05, 3.63) is 33.7 Å². The molecule has 2 heterocycles. The number of nitrogens with one attached hydrogen (secondary N) is 1. The van der Waals surface area contributed by atoms with E-state index in [1.807, 2.05) is 13.8 Å². The zero-order valence-corrected chi connectivity index (χ0v) is 10.8.